The summed E-state index contributed by atoms with van der Waals surface area (Å²) in [4.78, 5) is 25.0. The lowest BCUT2D eigenvalue weighted by atomic mass is 9.87. The molecule has 0 N–H and O–H groups in total. The first-order valence-corrected chi connectivity index (χ1v) is 12.2. The average Bonchev–Trinajstić information content (AvgIpc) is 2.82. The summed E-state index contributed by atoms with van der Waals surface area (Å²) in [5.74, 6) is 0. The molecule has 0 bridgehead atoms. The monoisotopic (exact) mass is 473 g/mol. The number of piperidine rings is 1. The third-order valence-electron chi connectivity index (χ3n) is 6.31. The topological polar surface area (TPSA) is 64.6 Å². The summed E-state index contributed by atoms with van der Waals surface area (Å²) < 4.78 is 12.4. The molecule has 1 fully saturated rings. The SMILES string of the molecule is Cc1cccnc1[C@H]1C[C@@H](OCc2ccccc2)C[C@@H](c2ncccc2C)N1C(=O)OC(C)(C)C. The van der Waals surface area contributed by atoms with Crippen LogP contribution in [0.25, 0.3) is 0 Å². The van der Waals surface area contributed by atoms with Crippen LogP contribution in [-0.4, -0.2) is 32.7 Å². The fraction of sp³-hybridized carbons (Fsp3) is 0.414. The van der Waals surface area contributed by atoms with E-state index in [9.17, 15) is 4.79 Å². The van der Waals surface area contributed by atoms with Gasteiger partial charge in [0.05, 0.1) is 36.2 Å². The van der Waals surface area contributed by atoms with Gasteiger partial charge >= 0.3 is 6.09 Å². The molecule has 1 aliphatic heterocycles. The van der Waals surface area contributed by atoms with Crippen LogP contribution in [0, 0.1) is 13.8 Å². The predicted octanol–water partition coefficient (Wildman–Crippen LogP) is 6.49. The number of ether oxygens (including phenoxy) is 2. The lowest BCUT2D eigenvalue weighted by Gasteiger charge is -2.45. The van der Waals surface area contributed by atoms with Crippen molar-refractivity contribution >= 4 is 6.09 Å². The van der Waals surface area contributed by atoms with E-state index in [1.165, 1.54) is 0 Å². The van der Waals surface area contributed by atoms with Crippen molar-refractivity contribution in [2.75, 3.05) is 0 Å². The maximum absolute atomic E-state index is 13.7. The van der Waals surface area contributed by atoms with Gasteiger partial charge in [-0.1, -0.05) is 42.5 Å². The minimum absolute atomic E-state index is 0.0771. The van der Waals surface area contributed by atoms with Crippen LogP contribution in [0.4, 0.5) is 4.79 Å². The number of aromatic nitrogens is 2. The Morgan fingerprint density at radius 2 is 1.43 bits per heavy atom. The zero-order valence-electron chi connectivity index (χ0n) is 21.3. The highest BCUT2D eigenvalue weighted by Gasteiger charge is 2.44. The number of rotatable bonds is 5. The number of carbonyl (C=O) groups is 1. The predicted molar refractivity (Wildman–Crippen MR) is 136 cm³/mol. The van der Waals surface area contributed by atoms with Gasteiger partial charge < -0.3 is 9.47 Å². The van der Waals surface area contributed by atoms with Crippen molar-refractivity contribution < 1.29 is 14.3 Å². The fourth-order valence-electron chi connectivity index (χ4n) is 4.71. The summed E-state index contributed by atoms with van der Waals surface area (Å²) in [6.07, 6.45) is 4.39. The van der Waals surface area contributed by atoms with E-state index in [-0.39, 0.29) is 24.3 Å². The lowest BCUT2D eigenvalue weighted by molar-refractivity contribution is -0.0612. The smallest absolute Gasteiger partial charge is 0.411 e. The second kappa shape index (κ2) is 10.6. The number of carbonyl (C=O) groups excluding carboxylic acids is 1. The molecule has 3 heterocycles. The van der Waals surface area contributed by atoms with Crippen molar-refractivity contribution in [2.45, 2.75) is 77.9 Å². The van der Waals surface area contributed by atoms with Crippen molar-refractivity contribution in [1.82, 2.24) is 14.9 Å². The minimum Gasteiger partial charge on any atom is -0.444 e. The zero-order chi connectivity index (χ0) is 25.0. The summed E-state index contributed by atoms with van der Waals surface area (Å²) in [6, 6.07) is 17.5. The minimum atomic E-state index is -0.620. The Morgan fingerprint density at radius 1 is 0.886 bits per heavy atom. The van der Waals surface area contributed by atoms with Crippen LogP contribution in [0.5, 0.6) is 0 Å². The first kappa shape index (κ1) is 24.9. The molecule has 0 unspecified atom stereocenters. The molecule has 3 aromatic rings. The second-order valence-electron chi connectivity index (χ2n) is 10.2. The number of nitrogens with zero attached hydrogens (tertiary/aromatic N) is 3. The van der Waals surface area contributed by atoms with Gasteiger partial charge in [-0.2, -0.15) is 0 Å². The molecule has 1 amide bonds. The number of hydrogen-bond donors (Lipinski definition) is 0. The summed E-state index contributed by atoms with van der Waals surface area (Å²) >= 11 is 0. The molecule has 0 saturated carbocycles. The van der Waals surface area contributed by atoms with Gasteiger partial charge in [0.25, 0.3) is 0 Å². The summed E-state index contributed by atoms with van der Waals surface area (Å²) in [7, 11) is 0. The summed E-state index contributed by atoms with van der Waals surface area (Å²) in [5.41, 5.74) is 4.30. The maximum atomic E-state index is 13.7. The van der Waals surface area contributed by atoms with Crippen molar-refractivity contribution in [3.05, 3.63) is 95.1 Å². The molecule has 0 radical (unpaired) electrons. The first-order chi connectivity index (χ1) is 16.7. The molecular formula is C29H35N3O3. The van der Waals surface area contributed by atoms with E-state index >= 15 is 0 Å². The molecule has 4 rings (SSSR count). The van der Waals surface area contributed by atoms with Crippen LogP contribution in [0.15, 0.2) is 67.0 Å². The standard InChI is InChI=1S/C29H35N3O3/c1-20-11-9-15-30-26(20)24-17-23(34-19-22-13-7-6-8-14-22)18-25(27-21(2)12-10-16-31-27)32(24)28(33)35-29(3,4)5/h6-16,23-25H,17-19H2,1-5H3/t23-,24-,25+. The fourth-order valence-corrected chi connectivity index (χ4v) is 4.71. The van der Waals surface area contributed by atoms with E-state index in [2.05, 4.69) is 12.1 Å². The summed E-state index contributed by atoms with van der Waals surface area (Å²) in [6.45, 7) is 10.3. The molecule has 2 aromatic heterocycles. The zero-order valence-corrected chi connectivity index (χ0v) is 21.3. The summed E-state index contributed by atoms with van der Waals surface area (Å²) in [5, 5.41) is 0. The van der Waals surface area contributed by atoms with E-state index in [1.54, 1.807) is 12.4 Å². The van der Waals surface area contributed by atoms with Gasteiger partial charge in [-0.15, -0.1) is 0 Å². The third kappa shape index (κ3) is 6.06. The molecule has 3 atom stereocenters. The normalized spacial score (nSPS) is 20.5. The highest BCUT2D eigenvalue weighted by atomic mass is 16.6. The Morgan fingerprint density at radius 3 is 1.91 bits per heavy atom. The van der Waals surface area contributed by atoms with Crippen molar-refractivity contribution in [1.29, 1.82) is 0 Å². The molecule has 1 aromatic carbocycles. The molecule has 35 heavy (non-hydrogen) atoms. The van der Waals surface area contributed by atoms with Crippen molar-refractivity contribution in [2.24, 2.45) is 0 Å². The van der Waals surface area contributed by atoms with Crippen LogP contribution in [-0.2, 0) is 16.1 Å². The van der Waals surface area contributed by atoms with Gasteiger partial charge in [-0.05, 0) is 76.3 Å². The van der Waals surface area contributed by atoms with E-state index < -0.39 is 5.60 Å². The molecule has 1 saturated heterocycles. The van der Waals surface area contributed by atoms with Crippen LogP contribution in [0.3, 0.4) is 0 Å². The number of hydrogen-bond acceptors (Lipinski definition) is 5. The largest absolute Gasteiger partial charge is 0.444 e. The molecule has 6 heteroatoms. The van der Waals surface area contributed by atoms with E-state index in [0.717, 1.165) is 28.1 Å². The van der Waals surface area contributed by atoms with E-state index in [1.807, 2.05) is 82.0 Å². The number of benzene rings is 1. The first-order valence-electron chi connectivity index (χ1n) is 12.2. The Balaban J connectivity index is 1.74. The Hall–Kier alpha value is -3.25. The van der Waals surface area contributed by atoms with E-state index in [4.69, 9.17) is 19.4 Å². The van der Waals surface area contributed by atoms with Gasteiger partial charge in [0, 0.05) is 12.4 Å². The Labute approximate surface area is 208 Å². The van der Waals surface area contributed by atoms with Crippen molar-refractivity contribution in [3.63, 3.8) is 0 Å². The van der Waals surface area contributed by atoms with Gasteiger partial charge in [-0.3, -0.25) is 14.9 Å². The van der Waals surface area contributed by atoms with Crippen molar-refractivity contribution in [3.8, 4) is 0 Å². The molecular weight excluding hydrogens is 438 g/mol. The van der Waals surface area contributed by atoms with Gasteiger partial charge in [0.15, 0.2) is 0 Å². The quantitative estimate of drug-likeness (QED) is 0.424. The Kier molecular flexibility index (Phi) is 7.51. The molecule has 6 nitrogen and oxygen atoms in total. The molecule has 0 spiro atoms. The van der Waals surface area contributed by atoms with Gasteiger partial charge in [-0.25, -0.2) is 4.79 Å². The third-order valence-corrected chi connectivity index (χ3v) is 6.31. The number of pyridine rings is 2. The van der Waals surface area contributed by atoms with Crippen LogP contribution in [0.2, 0.25) is 0 Å². The van der Waals surface area contributed by atoms with Crippen LogP contribution < -0.4 is 0 Å². The maximum Gasteiger partial charge on any atom is 0.411 e. The highest BCUT2D eigenvalue weighted by molar-refractivity contribution is 5.70. The second-order valence-corrected chi connectivity index (χ2v) is 10.2. The molecule has 0 aliphatic carbocycles. The van der Waals surface area contributed by atoms with Crippen LogP contribution in [0.1, 0.15) is 73.8 Å². The molecule has 1 aliphatic rings. The number of amides is 1. The number of aryl methyl sites for hydroxylation is 2. The Bertz CT molecular complexity index is 1090. The lowest BCUT2D eigenvalue weighted by Crippen LogP contribution is -2.48. The van der Waals surface area contributed by atoms with Crippen LogP contribution >= 0.6 is 0 Å². The van der Waals surface area contributed by atoms with E-state index in [0.29, 0.717) is 19.4 Å². The van der Waals surface area contributed by atoms with Gasteiger partial charge in [0.1, 0.15) is 5.60 Å². The highest BCUT2D eigenvalue weighted by Crippen LogP contribution is 2.44. The average molecular weight is 474 g/mol. The van der Waals surface area contributed by atoms with Gasteiger partial charge in [0.2, 0.25) is 0 Å². The molecule has 184 valence electrons. The number of likely N-dealkylation sites (tertiary alicyclic amines) is 1.